The van der Waals surface area contributed by atoms with Gasteiger partial charge in [-0.2, -0.15) is 0 Å². The zero-order chi connectivity index (χ0) is 22.9. The molecular formula is C26H29ClF2N4S. The van der Waals surface area contributed by atoms with Crippen molar-refractivity contribution in [3.05, 3.63) is 80.8 Å². The number of piperazine rings is 1. The molecule has 1 atom stereocenters. The van der Waals surface area contributed by atoms with Gasteiger partial charge >= 0.3 is 0 Å². The number of nitrogens with zero attached hydrogens (tertiary/aromatic N) is 3. The maximum absolute atomic E-state index is 14.0. The van der Waals surface area contributed by atoms with E-state index in [1.165, 1.54) is 17.1 Å². The van der Waals surface area contributed by atoms with Crippen molar-refractivity contribution < 1.29 is 8.78 Å². The van der Waals surface area contributed by atoms with Crippen LogP contribution in [-0.2, 0) is 12.8 Å². The molecule has 0 amide bonds. The van der Waals surface area contributed by atoms with Crippen LogP contribution >= 0.6 is 23.7 Å². The molecule has 2 aromatic heterocycles. The Morgan fingerprint density at radius 3 is 2.79 bits per heavy atom. The molecular weight excluding hydrogens is 474 g/mol. The van der Waals surface area contributed by atoms with E-state index < -0.39 is 0 Å². The molecule has 0 spiro atoms. The van der Waals surface area contributed by atoms with E-state index in [4.69, 9.17) is 0 Å². The summed E-state index contributed by atoms with van der Waals surface area (Å²) >= 11 is 1.74. The SMILES string of the molecule is CCc1cc2c(s1)NC=c1cc(F)cnc1=C2N1CCN(C)C(CCc2cccc(F)c2)C1.Cl. The van der Waals surface area contributed by atoms with E-state index in [2.05, 4.69) is 40.1 Å². The summed E-state index contributed by atoms with van der Waals surface area (Å²) in [6.07, 6.45) is 5.91. The Kier molecular flexibility index (Phi) is 7.55. The van der Waals surface area contributed by atoms with Crippen LogP contribution in [0.1, 0.15) is 29.3 Å². The minimum atomic E-state index is -0.336. The molecule has 0 aliphatic carbocycles. The number of aromatic nitrogens is 1. The van der Waals surface area contributed by atoms with Crippen molar-refractivity contribution in [2.24, 2.45) is 0 Å². The number of thiophene rings is 1. The topological polar surface area (TPSA) is 31.4 Å². The highest BCUT2D eigenvalue weighted by atomic mass is 35.5. The fourth-order valence-corrected chi connectivity index (χ4v) is 5.71. The molecule has 2 aliphatic heterocycles. The van der Waals surface area contributed by atoms with Crippen LogP contribution < -0.4 is 15.9 Å². The van der Waals surface area contributed by atoms with Gasteiger partial charge in [0.1, 0.15) is 16.6 Å². The summed E-state index contributed by atoms with van der Waals surface area (Å²) in [4.78, 5) is 10.6. The first kappa shape index (κ1) is 24.6. The molecule has 0 saturated carbocycles. The molecule has 180 valence electrons. The standard InChI is InChI=1S/C26H28F2N4S.ClH/c1-3-22-13-23-25(24-18(12-20(28)15-29-24)14-30-26(23)33-22)32-10-9-31(2)21(16-32)8-7-17-5-4-6-19(27)11-17;/h4-6,11-15,21,30H,3,7-10,16H2,1-2H3;1H. The third kappa shape index (κ3) is 4.97. The molecule has 1 N–H and O–H groups in total. The molecule has 8 heteroatoms. The van der Waals surface area contributed by atoms with Crippen molar-refractivity contribution in [3.8, 4) is 0 Å². The smallest absolute Gasteiger partial charge is 0.142 e. The Morgan fingerprint density at radius 2 is 2.00 bits per heavy atom. The van der Waals surface area contributed by atoms with Crippen LogP contribution in [0.15, 0.2) is 42.6 Å². The summed E-state index contributed by atoms with van der Waals surface area (Å²) in [5.74, 6) is -0.521. The second kappa shape index (κ2) is 10.4. The number of aryl methyl sites for hydroxylation is 2. The zero-order valence-corrected chi connectivity index (χ0v) is 21.0. The molecule has 0 bridgehead atoms. The summed E-state index contributed by atoms with van der Waals surface area (Å²) in [5.41, 5.74) is 3.23. The normalized spacial score (nSPS) is 17.7. The van der Waals surface area contributed by atoms with Gasteiger partial charge in [-0.25, -0.2) is 8.78 Å². The minimum absolute atomic E-state index is 0. The first-order chi connectivity index (χ1) is 16.0. The number of nitrogens with one attached hydrogen (secondary N) is 1. The average molecular weight is 503 g/mol. The van der Waals surface area contributed by atoms with E-state index in [1.54, 1.807) is 29.5 Å². The summed E-state index contributed by atoms with van der Waals surface area (Å²) in [6, 6.07) is 11.0. The van der Waals surface area contributed by atoms with Crippen LogP contribution in [-0.4, -0.2) is 47.5 Å². The Labute approximate surface area is 209 Å². The van der Waals surface area contributed by atoms with Gasteiger partial charge in [0, 0.05) is 47.5 Å². The molecule has 5 rings (SSSR count). The number of pyridine rings is 1. The lowest BCUT2D eigenvalue weighted by molar-refractivity contribution is 0.128. The predicted molar refractivity (Wildman–Crippen MR) is 138 cm³/mol. The van der Waals surface area contributed by atoms with Crippen LogP contribution in [0.25, 0.3) is 11.9 Å². The molecule has 0 radical (unpaired) electrons. The van der Waals surface area contributed by atoms with Crippen molar-refractivity contribution in [1.29, 1.82) is 0 Å². The van der Waals surface area contributed by atoms with Crippen molar-refractivity contribution >= 4 is 40.6 Å². The lowest BCUT2D eigenvalue weighted by Gasteiger charge is -2.41. The Hall–Kier alpha value is -2.48. The molecule has 2 aliphatic rings. The Balaban J connectivity index is 0.00000274. The fraction of sp³-hybridized carbons (Fsp3) is 0.346. The van der Waals surface area contributed by atoms with E-state index in [9.17, 15) is 8.78 Å². The molecule has 1 unspecified atom stereocenters. The molecule has 1 aromatic carbocycles. The molecule has 4 heterocycles. The number of halogens is 3. The summed E-state index contributed by atoms with van der Waals surface area (Å²) in [5, 5.41) is 6.06. The van der Waals surface area contributed by atoms with Crippen molar-refractivity contribution in [2.75, 3.05) is 32.0 Å². The van der Waals surface area contributed by atoms with Gasteiger partial charge < -0.3 is 10.2 Å². The Morgan fingerprint density at radius 1 is 1.15 bits per heavy atom. The third-order valence-electron chi connectivity index (χ3n) is 6.60. The van der Waals surface area contributed by atoms with E-state index in [0.29, 0.717) is 6.04 Å². The van der Waals surface area contributed by atoms with Crippen LogP contribution in [0.3, 0.4) is 0 Å². The Bertz CT molecular complexity index is 1290. The highest BCUT2D eigenvalue weighted by Gasteiger charge is 2.29. The molecule has 34 heavy (non-hydrogen) atoms. The number of benzene rings is 1. The maximum Gasteiger partial charge on any atom is 0.142 e. The third-order valence-corrected chi connectivity index (χ3v) is 7.81. The summed E-state index contributed by atoms with van der Waals surface area (Å²) in [6.45, 7) is 4.80. The van der Waals surface area contributed by atoms with Crippen molar-refractivity contribution in [1.82, 2.24) is 14.8 Å². The second-order valence-corrected chi connectivity index (χ2v) is 9.92. The quantitative estimate of drug-likeness (QED) is 0.572. The molecule has 1 saturated heterocycles. The summed E-state index contributed by atoms with van der Waals surface area (Å²) < 4.78 is 27.6. The number of rotatable bonds is 5. The average Bonchev–Trinajstić information content (AvgIpc) is 3.16. The lowest BCUT2D eigenvalue weighted by atomic mass is 10.0. The van der Waals surface area contributed by atoms with Gasteiger partial charge in [-0.15, -0.1) is 23.7 Å². The van der Waals surface area contributed by atoms with Gasteiger partial charge in [-0.3, -0.25) is 9.88 Å². The van der Waals surface area contributed by atoms with Crippen molar-refractivity contribution in [2.45, 2.75) is 32.2 Å². The molecule has 1 fully saturated rings. The van der Waals surface area contributed by atoms with Gasteiger partial charge in [-0.1, -0.05) is 19.1 Å². The van der Waals surface area contributed by atoms with Crippen LogP contribution in [0.4, 0.5) is 13.8 Å². The van der Waals surface area contributed by atoms with E-state index >= 15 is 0 Å². The number of fused-ring (bicyclic) bond motifs is 2. The lowest BCUT2D eigenvalue weighted by Crippen LogP contribution is -2.52. The van der Waals surface area contributed by atoms with Crippen LogP contribution in [0.2, 0.25) is 0 Å². The van der Waals surface area contributed by atoms with Gasteiger partial charge in [0.15, 0.2) is 0 Å². The van der Waals surface area contributed by atoms with Crippen molar-refractivity contribution in [3.63, 3.8) is 0 Å². The molecule has 3 aromatic rings. The van der Waals surface area contributed by atoms with E-state index in [-0.39, 0.29) is 24.0 Å². The van der Waals surface area contributed by atoms with Crippen LogP contribution in [0.5, 0.6) is 0 Å². The zero-order valence-electron chi connectivity index (χ0n) is 19.4. The second-order valence-electron chi connectivity index (χ2n) is 8.79. The van der Waals surface area contributed by atoms with E-state index in [0.717, 1.165) is 71.3 Å². The van der Waals surface area contributed by atoms with E-state index in [1.807, 2.05) is 12.3 Å². The number of likely N-dealkylation sites (N-methyl/N-ethyl adjacent to an activating group) is 1. The first-order valence-electron chi connectivity index (χ1n) is 11.5. The van der Waals surface area contributed by atoms with Gasteiger partial charge in [0.05, 0.1) is 17.2 Å². The minimum Gasteiger partial charge on any atom is -0.366 e. The van der Waals surface area contributed by atoms with Gasteiger partial charge in [0.25, 0.3) is 0 Å². The largest absolute Gasteiger partial charge is 0.366 e. The number of hydrogen-bond donors (Lipinski definition) is 1. The highest BCUT2D eigenvalue weighted by molar-refractivity contribution is 7.16. The summed E-state index contributed by atoms with van der Waals surface area (Å²) in [7, 11) is 2.16. The highest BCUT2D eigenvalue weighted by Crippen LogP contribution is 2.35. The first-order valence-corrected chi connectivity index (χ1v) is 12.3. The number of hydrogen-bond acceptors (Lipinski definition) is 5. The predicted octanol–water partition coefficient (Wildman–Crippen LogP) is 3.97. The fourth-order valence-electron chi connectivity index (χ4n) is 4.74. The van der Waals surface area contributed by atoms with Gasteiger partial charge in [-0.05, 0) is 56.1 Å². The van der Waals surface area contributed by atoms with Crippen LogP contribution in [0, 0.1) is 11.6 Å². The molecule has 4 nitrogen and oxygen atoms in total. The monoisotopic (exact) mass is 502 g/mol. The maximum atomic E-state index is 14.0. The number of anilines is 1. The van der Waals surface area contributed by atoms with Gasteiger partial charge in [0.2, 0.25) is 0 Å².